The number of benzene rings is 1. The van der Waals surface area contributed by atoms with Gasteiger partial charge in [0.25, 0.3) is 0 Å². The van der Waals surface area contributed by atoms with Crippen LogP contribution in [0, 0.1) is 0 Å². The number of carboxylic acids is 1. The minimum absolute atomic E-state index is 0.336. The highest BCUT2D eigenvalue weighted by molar-refractivity contribution is 7.98. The number of carboxylic acid groups (broad SMARTS) is 1. The van der Waals surface area contributed by atoms with Crippen molar-refractivity contribution in [2.45, 2.75) is 18.0 Å². The predicted octanol–water partition coefficient (Wildman–Crippen LogP) is 2.46. The number of hydrogen-bond donors (Lipinski definition) is 1. The third-order valence-electron chi connectivity index (χ3n) is 3.63. The van der Waals surface area contributed by atoms with E-state index < -0.39 is 5.97 Å². The molecule has 1 N–H and O–H groups in total. The minimum atomic E-state index is -0.887. The number of aromatic nitrogens is 2. The number of rotatable bonds is 3. The van der Waals surface area contributed by atoms with E-state index in [0.29, 0.717) is 12.1 Å². The quantitative estimate of drug-likeness (QED) is 0.694. The number of thioether (sulfide) groups is 1. The van der Waals surface area contributed by atoms with Gasteiger partial charge in [0, 0.05) is 19.2 Å². The maximum atomic E-state index is 11.1. The zero-order valence-corrected chi connectivity index (χ0v) is 12.4. The summed E-state index contributed by atoms with van der Waals surface area (Å²) in [6.45, 7) is 1.56. The molecule has 2 aromatic rings. The van der Waals surface area contributed by atoms with Crippen molar-refractivity contribution in [2.75, 3.05) is 17.7 Å². The van der Waals surface area contributed by atoms with Crippen LogP contribution in [0.4, 0.5) is 5.82 Å². The van der Waals surface area contributed by atoms with E-state index in [4.69, 9.17) is 5.11 Å². The highest BCUT2D eigenvalue weighted by atomic mass is 32.2. The molecular formula is C15H15N3O2S. The lowest BCUT2D eigenvalue weighted by Gasteiger charge is -2.30. The first kappa shape index (κ1) is 13.9. The predicted molar refractivity (Wildman–Crippen MR) is 82.0 cm³/mol. The molecule has 5 nitrogen and oxygen atoms in total. The van der Waals surface area contributed by atoms with Crippen molar-refractivity contribution in [3.8, 4) is 0 Å². The molecule has 0 saturated carbocycles. The van der Waals surface area contributed by atoms with Gasteiger partial charge in [-0.05, 0) is 35.9 Å². The molecule has 108 valence electrons. The van der Waals surface area contributed by atoms with Crippen LogP contribution in [0.1, 0.15) is 21.5 Å². The van der Waals surface area contributed by atoms with E-state index in [-0.39, 0.29) is 0 Å². The summed E-state index contributed by atoms with van der Waals surface area (Å²) < 4.78 is 0. The average Bonchev–Trinajstić information content (AvgIpc) is 2.53. The first-order valence-electron chi connectivity index (χ1n) is 6.63. The standard InChI is InChI=1S/C15H15N3O2S/c1-21-14-7-13(16-9-17-14)18-5-4-10-2-3-11(15(19)20)6-12(10)8-18/h2-3,6-7,9H,4-5,8H2,1H3,(H,19,20). The SMILES string of the molecule is CSc1cc(N2CCc3ccc(C(=O)O)cc3C2)ncn1. The topological polar surface area (TPSA) is 66.3 Å². The zero-order chi connectivity index (χ0) is 14.8. The Morgan fingerprint density at radius 1 is 1.29 bits per heavy atom. The van der Waals surface area contributed by atoms with Gasteiger partial charge >= 0.3 is 5.97 Å². The van der Waals surface area contributed by atoms with Crippen LogP contribution >= 0.6 is 11.8 Å². The summed E-state index contributed by atoms with van der Waals surface area (Å²) in [5.41, 5.74) is 2.61. The fourth-order valence-electron chi connectivity index (χ4n) is 2.50. The van der Waals surface area contributed by atoms with E-state index in [1.165, 1.54) is 5.56 Å². The van der Waals surface area contributed by atoms with Gasteiger partial charge in [-0.15, -0.1) is 11.8 Å². The summed E-state index contributed by atoms with van der Waals surface area (Å²) in [7, 11) is 0. The molecule has 0 bridgehead atoms. The molecule has 0 atom stereocenters. The first-order chi connectivity index (χ1) is 10.2. The van der Waals surface area contributed by atoms with E-state index in [1.54, 1.807) is 30.2 Å². The molecule has 1 aromatic carbocycles. The lowest BCUT2D eigenvalue weighted by molar-refractivity contribution is 0.0696. The molecule has 6 heteroatoms. The number of nitrogens with zero attached hydrogens (tertiary/aromatic N) is 3. The van der Waals surface area contributed by atoms with Crippen molar-refractivity contribution in [1.82, 2.24) is 9.97 Å². The molecular weight excluding hydrogens is 286 g/mol. The Bertz CT molecular complexity index is 690. The van der Waals surface area contributed by atoms with Crippen molar-refractivity contribution in [2.24, 2.45) is 0 Å². The van der Waals surface area contributed by atoms with Gasteiger partial charge in [-0.25, -0.2) is 14.8 Å². The molecule has 0 amide bonds. The van der Waals surface area contributed by atoms with Crippen LogP contribution in [0.2, 0.25) is 0 Å². The van der Waals surface area contributed by atoms with Gasteiger partial charge in [0.2, 0.25) is 0 Å². The second kappa shape index (κ2) is 5.73. The van der Waals surface area contributed by atoms with E-state index in [2.05, 4.69) is 14.9 Å². The van der Waals surface area contributed by atoms with Crippen LogP contribution in [-0.4, -0.2) is 33.8 Å². The average molecular weight is 301 g/mol. The maximum absolute atomic E-state index is 11.1. The Balaban J connectivity index is 1.89. The maximum Gasteiger partial charge on any atom is 0.335 e. The number of anilines is 1. The smallest absolute Gasteiger partial charge is 0.335 e. The van der Waals surface area contributed by atoms with Gasteiger partial charge in [-0.3, -0.25) is 0 Å². The summed E-state index contributed by atoms with van der Waals surface area (Å²) >= 11 is 1.58. The molecule has 21 heavy (non-hydrogen) atoms. The van der Waals surface area contributed by atoms with Crippen molar-refractivity contribution in [3.63, 3.8) is 0 Å². The lowest BCUT2D eigenvalue weighted by atomic mass is 9.97. The Morgan fingerprint density at radius 3 is 2.90 bits per heavy atom. The largest absolute Gasteiger partial charge is 0.478 e. The lowest BCUT2D eigenvalue weighted by Crippen LogP contribution is -2.31. The molecule has 1 aliphatic rings. The first-order valence-corrected chi connectivity index (χ1v) is 7.86. The Hall–Kier alpha value is -2.08. The molecule has 0 spiro atoms. The van der Waals surface area contributed by atoms with Crippen molar-refractivity contribution in [1.29, 1.82) is 0 Å². The highest BCUT2D eigenvalue weighted by Crippen LogP contribution is 2.25. The normalized spacial score (nSPS) is 13.9. The van der Waals surface area contributed by atoms with Crippen LogP contribution in [0.5, 0.6) is 0 Å². The van der Waals surface area contributed by atoms with Gasteiger partial charge in [0.1, 0.15) is 17.2 Å². The van der Waals surface area contributed by atoms with Gasteiger partial charge in [0.05, 0.1) is 5.56 Å². The summed E-state index contributed by atoms with van der Waals surface area (Å²) in [6, 6.07) is 7.33. The molecule has 0 unspecified atom stereocenters. The summed E-state index contributed by atoms with van der Waals surface area (Å²) in [4.78, 5) is 21.8. The fraction of sp³-hybridized carbons (Fsp3) is 0.267. The molecule has 0 saturated heterocycles. The number of hydrogen-bond acceptors (Lipinski definition) is 5. The van der Waals surface area contributed by atoms with Crippen LogP contribution in [0.15, 0.2) is 35.6 Å². The van der Waals surface area contributed by atoms with E-state index >= 15 is 0 Å². The molecule has 2 heterocycles. The molecule has 0 fully saturated rings. The second-order valence-corrected chi connectivity index (χ2v) is 5.71. The molecule has 1 aliphatic heterocycles. The highest BCUT2D eigenvalue weighted by Gasteiger charge is 2.19. The Labute approximate surface area is 127 Å². The van der Waals surface area contributed by atoms with Crippen molar-refractivity contribution < 1.29 is 9.90 Å². The van der Waals surface area contributed by atoms with Crippen LogP contribution in [-0.2, 0) is 13.0 Å². The Morgan fingerprint density at radius 2 is 2.14 bits per heavy atom. The summed E-state index contributed by atoms with van der Waals surface area (Å²) in [5.74, 6) is 0.00218. The molecule has 0 radical (unpaired) electrons. The third kappa shape index (κ3) is 2.85. The summed E-state index contributed by atoms with van der Waals surface area (Å²) in [5, 5.41) is 10.0. The van der Waals surface area contributed by atoms with Crippen LogP contribution in [0.25, 0.3) is 0 Å². The number of aromatic carboxylic acids is 1. The van der Waals surface area contributed by atoms with Crippen LogP contribution in [0.3, 0.4) is 0 Å². The third-order valence-corrected chi connectivity index (χ3v) is 4.27. The fourth-order valence-corrected chi connectivity index (χ4v) is 2.88. The van der Waals surface area contributed by atoms with E-state index in [9.17, 15) is 4.79 Å². The van der Waals surface area contributed by atoms with Crippen LogP contribution < -0.4 is 4.90 Å². The minimum Gasteiger partial charge on any atom is -0.478 e. The van der Waals surface area contributed by atoms with Gasteiger partial charge < -0.3 is 10.0 Å². The van der Waals surface area contributed by atoms with Gasteiger partial charge in [0.15, 0.2) is 0 Å². The van der Waals surface area contributed by atoms with Gasteiger partial charge in [-0.2, -0.15) is 0 Å². The Kier molecular flexibility index (Phi) is 3.79. The van der Waals surface area contributed by atoms with Crippen molar-refractivity contribution in [3.05, 3.63) is 47.3 Å². The molecule has 1 aromatic heterocycles. The van der Waals surface area contributed by atoms with Crippen molar-refractivity contribution >= 4 is 23.5 Å². The van der Waals surface area contributed by atoms with E-state index in [1.807, 2.05) is 18.4 Å². The van der Waals surface area contributed by atoms with Gasteiger partial charge in [-0.1, -0.05) is 6.07 Å². The number of fused-ring (bicyclic) bond motifs is 1. The number of carbonyl (C=O) groups is 1. The molecule has 0 aliphatic carbocycles. The summed E-state index contributed by atoms with van der Waals surface area (Å²) in [6.07, 6.45) is 4.45. The van der Waals surface area contributed by atoms with E-state index in [0.717, 1.165) is 29.4 Å². The zero-order valence-electron chi connectivity index (χ0n) is 11.6. The second-order valence-electron chi connectivity index (χ2n) is 4.88. The monoisotopic (exact) mass is 301 g/mol. The molecule has 3 rings (SSSR count).